The molecule has 3 aromatic rings. The van der Waals surface area contributed by atoms with E-state index < -0.39 is 0 Å². The van der Waals surface area contributed by atoms with Gasteiger partial charge in [0.15, 0.2) is 5.76 Å². The molecule has 2 heterocycles. The SMILES string of the molecule is O=C(Nc1ccc(N2CCCC2)cc1)c1cnoc1-c1ccccc1. The Kier molecular flexibility index (Phi) is 4.21. The van der Waals surface area contributed by atoms with Gasteiger partial charge in [0.05, 0.1) is 6.20 Å². The molecule has 5 heteroatoms. The van der Waals surface area contributed by atoms with Crippen LogP contribution in [0.25, 0.3) is 11.3 Å². The first kappa shape index (κ1) is 15.4. The highest BCUT2D eigenvalue weighted by Gasteiger charge is 2.18. The topological polar surface area (TPSA) is 58.4 Å². The van der Waals surface area contributed by atoms with Crippen LogP contribution in [0.4, 0.5) is 11.4 Å². The lowest BCUT2D eigenvalue weighted by Crippen LogP contribution is -2.17. The molecule has 5 nitrogen and oxygen atoms in total. The number of hydrogen-bond donors (Lipinski definition) is 1. The van der Waals surface area contributed by atoms with Gasteiger partial charge in [-0.1, -0.05) is 35.5 Å². The molecule has 1 fully saturated rings. The molecule has 1 aromatic heterocycles. The lowest BCUT2D eigenvalue weighted by Gasteiger charge is -2.17. The number of anilines is 2. The summed E-state index contributed by atoms with van der Waals surface area (Å²) in [4.78, 5) is 14.9. The first-order chi connectivity index (χ1) is 12.3. The van der Waals surface area contributed by atoms with E-state index in [0.29, 0.717) is 11.3 Å². The average Bonchev–Trinajstić information content (AvgIpc) is 3.35. The van der Waals surface area contributed by atoms with Gasteiger partial charge in [-0.15, -0.1) is 0 Å². The Morgan fingerprint density at radius 1 is 1.00 bits per heavy atom. The fraction of sp³-hybridized carbons (Fsp3) is 0.200. The van der Waals surface area contributed by atoms with Crippen molar-refractivity contribution in [3.05, 3.63) is 66.4 Å². The van der Waals surface area contributed by atoms with Gasteiger partial charge in [0, 0.05) is 30.0 Å². The van der Waals surface area contributed by atoms with Crippen LogP contribution in [0.1, 0.15) is 23.2 Å². The van der Waals surface area contributed by atoms with E-state index in [1.54, 1.807) is 0 Å². The first-order valence-corrected chi connectivity index (χ1v) is 8.48. The second kappa shape index (κ2) is 6.81. The number of hydrogen-bond acceptors (Lipinski definition) is 4. The number of nitrogens with zero attached hydrogens (tertiary/aromatic N) is 2. The van der Waals surface area contributed by atoms with Crippen LogP contribution in [0.15, 0.2) is 65.3 Å². The van der Waals surface area contributed by atoms with Crippen LogP contribution < -0.4 is 10.2 Å². The highest BCUT2D eigenvalue weighted by molar-refractivity contribution is 6.07. The molecule has 1 aliphatic rings. The van der Waals surface area contributed by atoms with E-state index in [-0.39, 0.29) is 5.91 Å². The van der Waals surface area contributed by atoms with Crippen molar-refractivity contribution in [1.82, 2.24) is 5.16 Å². The van der Waals surface area contributed by atoms with Gasteiger partial charge in [-0.25, -0.2) is 0 Å². The molecule has 1 amide bonds. The Bertz CT molecular complexity index is 850. The van der Waals surface area contributed by atoms with Gasteiger partial charge in [0.2, 0.25) is 0 Å². The monoisotopic (exact) mass is 333 g/mol. The number of carbonyl (C=O) groups is 1. The largest absolute Gasteiger partial charge is 0.372 e. The summed E-state index contributed by atoms with van der Waals surface area (Å²) in [5.41, 5.74) is 3.21. The normalized spacial score (nSPS) is 13.8. The predicted octanol–water partition coefficient (Wildman–Crippen LogP) is 4.19. The molecule has 126 valence electrons. The maximum absolute atomic E-state index is 12.6. The quantitative estimate of drug-likeness (QED) is 0.777. The Hall–Kier alpha value is -3.08. The minimum atomic E-state index is -0.228. The summed E-state index contributed by atoms with van der Waals surface area (Å²) in [6, 6.07) is 17.5. The molecule has 0 bridgehead atoms. The minimum Gasteiger partial charge on any atom is -0.372 e. The molecule has 0 saturated carbocycles. The second-order valence-corrected chi connectivity index (χ2v) is 6.13. The molecule has 4 rings (SSSR count). The first-order valence-electron chi connectivity index (χ1n) is 8.48. The van der Waals surface area contributed by atoms with Crippen molar-refractivity contribution >= 4 is 17.3 Å². The van der Waals surface area contributed by atoms with E-state index in [2.05, 4.69) is 15.4 Å². The zero-order chi connectivity index (χ0) is 17.1. The zero-order valence-electron chi connectivity index (χ0n) is 13.8. The third-order valence-corrected chi connectivity index (χ3v) is 4.45. The van der Waals surface area contributed by atoms with Gasteiger partial charge >= 0.3 is 0 Å². The Morgan fingerprint density at radius 3 is 2.44 bits per heavy atom. The van der Waals surface area contributed by atoms with Crippen LogP contribution in [-0.2, 0) is 0 Å². The van der Waals surface area contributed by atoms with E-state index in [4.69, 9.17) is 4.52 Å². The van der Waals surface area contributed by atoms with E-state index in [0.717, 1.165) is 24.3 Å². The molecule has 25 heavy (non-hydrogen) atoms. The summed E-state index contributed by atoms with van der Waals surface area (Å²) in [5, 5.41) is 6.70. The van der Waals surface area contributed by atoms with Gasteiger partial charge in [-0.3, -0.25) is 4.79 Å². The van der Waals surface area contributed by atoms with E-state index in [9.17, 15) is 4.79 Å². The molecule has 0 aliphatic carbocycles. The molecule has 1 aliphatic heterocycles. The van der Waals surface area contributed by atoms with Gasteiger partial charge in [-0.05, 0) is 37.1 Å². The Balaban J connectivity index is 1.50. The van der Waals surface area contributed by atoms with Crippen LogP contribution in [0.5, 0.6) is 0 Å². The molecule has 0 radical (unpaired) electrons. The van der Waals surface area contributed by atoms with Crippen molar-refractivity contribution in [2.75, 3.05) is 23.3 Å². The number of amides is 1. The summed E-state index contributed by atoms with van der Waals surface area (Å²) in [5.74, 6) is 0.251. The minimum absolute atomic E-state index is 0.228. The summed E-state index contributed by atoms with van der Waals surface area (Å²) in [6.45, 7) is 2.21. The Labute approximate surface area is 146 Å². The summed E-state index contributed by atoms with van der Waals surface area (Å²) >= 11 is 0. The van der Waals surface area contributed by atoms with Crippen molar-refractivity contribution in [3.63, 3.8) is 0 Å². The van der Waals surface area contributed by atoms with Crippen molar-refractivity contribution < 1.29 is 9.32 Å². The summed E-state index contributed by atoms with van der Waals surface area (Å²) < 4.78 is 5.28. The number of nitrogens with one attached hydrogen (secondary N) is 1. The molecule has 1 saturated heterocycles. The number of benzene rings is 2. The fourth-order valence-electron chi connectivity index (χ4n) is 3.13. The van der Waals surface area contributed by atoms with Crippen molar-refractivity contribution in [1.29, 1.82) is 0 Å². The van der Waals surface area contributed by atoms with Gasteiger partial charge in [-0.2, -0.15) is 0 Å². The standard InChI is InChI=1S/C20H19N3O2/c24-20(18-14-21-25-19(18)15-6-2-1-3-7-15)22-16-8-10-17(11-9-16)23-12-4-5-13-23/h1-3,6-11,14H,4-5,12-13H2,(H,22,24). The molecule has 2 aromatic carbocycles. The molecular weight excluding hydrogens is 314 g/mol. The lowest BCUT2D eigenvalue weighted by atomic mass is 10.1. The van der Waals surface area contributed by atoms with Crippen molar-refractivity contribution in [2.24, 2.45) is 0 Å². The van der Waals surface area contributed by atoms with E-state index >= 15 is 0 Å². The lowest BCUT2D eigenvalue weighted by molar-refractivity contribution is 0.102. The molecule has 0 spiro atoms. The molecule has 0 atom stereocenters. The van der Waals surface area contributed by atoms with Crippen molar-refractivity contribution in [3.8, 4) is 11.3 Å². The molecule has 0 unspecified atom stereocenters. The summed E-state index contributed by atoms with van der Waals surface area (Å²) in [6.07, 6.45) is 3.94. The third kappa shape index (κ3) is 3.26. The fourth-order valence-corrected chi connectivity index (χ4v) is 3.13. The van der Waals surface area contributed by atoms with E-state index in [1.807, 2.05) is 54.6 Å². The molecular formula is C20H19N3O2. The number of aromatic nitrogens is 1. The van der Waals surface area contributed by atoms with Gasteiger partial charge < -0.3 is 14.7 Å². The Morgan fingerprint density at radius 2 is 1.72 bits per heavy atom. The van der Waals surface area contributed by atoms with Crippen LogP contribution in [0.2, 0.25) is 0 Å². The highest BCUT2D eigenvalue weighted by atomic mass is 16.5. The number of carbonyl (C=O) groups excluding carboxylic acids is 1. The van der Waals surface area contributed by atoms with Crippen LogP contribution >= 0.6 is 0 Å². The van der Waals surface area contributed by atoms with Crippen LogP contribution in [0.3, 0.4) is 0 Å². The van der Waals surface area contributed by atoms with E-state index in [1.165, 1.54) is 24.7 Å². The van der Waals surface area contributed by atoms with Gasteiger partial charge in [0.1, 0.15) is 5.56 Å². The van der Waals surface area contributed by atoms with Crippen molar-refractivity contribution in [2.45, 2.75) is 12.8 Å². The van der Waals surface area contributed by atoms with Gasteiger partial charge in [0.25, 0.3) is 5.91 Å². The third-order valence-electron chi connectivity index (χ3n) is 4.45. The summed E-state index contributed by atoms with van der Waals surface area (Å²) in [7, 11) is 0. The zero-order valence-corrected chi connectivity index (χ0v) is 13.8. The average molecular weight is 333 g/mol. The molecule has 1 N–H and O–H groups in total. The number of rotatable bonds is 4. The second-order valence-electron chi connectivity index (χ2n) is 6.13. The highest BCUT2D eigenvalue weighted by Crippen LogP contribution is 2.25. The van der Waals surface area contributed by atoms with Crippen LogP contribution in [0, 0.1) is 0 Å². The maximum Gasteiger partial charge on any atom is 0.261 e. The smallest absolute Gasteiger partial charge is 0.261 e. The maximum atomic E-state index is 12.6. The van der Waals surface area contributed by atoms with Crippen LogP contribution in [-0.4, -0.2) is 24.2 Å². The predicted molar refractivity (Wildman–Crippen MR) is 97.8 cm³/mol.